The molecule has 4 nitrogen and oxygen atoms in total. The summed E-state index contributed by atoms with van der Waals surface area (Å²) in [5, 5.41) is 19.1. The molecule has 0 aliphatic heterocycles. The Balaban J connectivity index is 1.59. The van der Waals surface area contributed by atoms with Gasteiger partial charge in [-0.05, 0) is 112 Å². The first-order valence-electron chi connectivity index (χ1n) is 15.4. The maximum Gasteiger partial charge on any atom is 0.303 e. The number of carbonyl (C=O) groups is 1. The molecule has 2 aliphatic rings. The first kappa shape index (κ1) is 30.5. The lowest BCUT2D eigenvalue weighted by Crippen LogP contribution is -2.26. The molecule has 1 saturated carbocycles. The number of nitrogens with two attached hydrogens (primary N) is 1. The van der Waals surface area contributed by atoms with E-state index in [1.54, 1.807) is 5.57 Å². The van der Waals surface area contributed by atoms with E-state index in [0.29, 0.717) is 35.8 Å². The highest BCUT2D eigenvalue weighted by Crippen LogP contribution is 2.47. The summed E-state index contributed by atoms with van der Waals surface area (Å²) in [6, 6.07) is 7.92. The number of unbranched alkanes of at least 4 members (excludes halogenated alkanes) is 3. The molecule has 38 heavy (non-hydrogen) atoms. The number of aromatic hydroxyl groups is 1. The van der Waals surface area contributed by atoms with Gasteiger partial charge in [0.1, 0.15) is 5.75 Å². The van der Waals surface area contributed by atoms with Gasteiger partial charge in [0.25, 0.3) is 0 Å². The number of carboxylic acid groups (broad SMARTS) is 1. The molecule has 0 radical (unpaired) electrons. The second-order valence-electron chi connectivity index (χ2n) is 12.4. The zero-order chi connectivity index (χ0) is 27.3. The molecule has 1 aromatic rings. The highest BCUT2D eigenvalue weighted by atomic mass is 16.4. The summed E-state index contributed by atoms with van der Waals surface area (Å²) >= 11 is 0. The number of phenols is 1. The van der Waals surface area contributed by atoms with Crippen molar-refractivity contribution in [3.63, 3.8) is 0 Å². The van der Waals surface area contributed by atoms with Crippen LogP contribution in [0.5, 0.6) is 5.75 Å². The number of phenolic OH excluding ortho intramolecular Hbond substituents is 1. The lowest BCUT2D eigenvalue weighted by molar-refractivity contribution is -0.136. The first-order valence-corrected chi connectivity index (χ1v) is 15.4. The summed E-state index contributed by atoms with van der Waals surface area (Å²) in [7, 11) is 0. The van der Waals surface area contributed by atoms with Crippen LogP contribution in [0.25, 0.3) is 0 Å². The largest absolute Gasteiger partial charge is 0.508 e. The molecule has 212 valence electrons. The highest BCUT2D eigenvalue weighted by Gasteiger charge is 2.34. The lowest BCUT2D eigenvalue weighted by Gasteiger charge is -2.39. The topological polar surface area (TPSA) is 83.5 Å². The predicted molar refractivity (Wildman–Crippen MR) is 158 cm³/mol. The van der Waals surface area contributed by atoms with Gasteiger partial charge in [0.2, 0.25) is 0 Å². The molecule has 0 saturated heterocycles. The minimum Gasteiger partial charge on any atom is -0.508 e. The maximum atomic E-state index is 11.2. The van der Waals surface area contributed by atoms with E-state index < -0.39 is 5.97 Å². The summed E-state index contributed by atoms with van der Waals surface area (Å²) in [6.45, 7) is 5.36. The van der Waals surface area contributed by atoms with Crippen molar-refractivity contribution >= 4 is 5.97 Å². The van der Waals surface area contributed by atoms with Crippen LogP contribution in [0.3, 0.4) is 0 Å². The Morgan fingerprint density at radius 3 is 2.50 bits per heavy atom. The van der Waals surface area contributed by atoms with Crippen LogP contribution in [0.2, 0.25) is 0 Å². The molecule has 1 fully saturated rings. The van der Waals surface area contributed by atoms with Gasteiger partial charge in [-0.2, -0.15) is 0 Å². The molecular formula is C34H53NO3. The van der Waals surface area contributed by atoms with E-state index in [9.17, 15) is 15.0 Å². The van der Waals surface area contributed by atoms with E-state index in [2.05, 4.69) is 38.1 Å². The molecule has 0 bridgehead atoms. The minimum atomic E-state index is -0.710. The molecule has 3 rings (SSSR count). The van der Waals surface area contributed by atoms with Gasteiger partial charge in [0.05, 0.1) is 0 Å². The van der Waals surface area contributed by atoms with Gasteiger partial charge < -0.3 is 15.9 Å². The van der Waals surface area contributed by atoms with Crippen LogP contribution in [0, 0.1) is 23.7 Å². The van der Waals surface area contributed by atoms with Crippen molar-refractivity contribution in [3.8, 4) is 5.75 Å². The second-order valence-corrected chi connectivity index (χ2v) is 12.4. The third kappa shape index (κ3) is 10.2. The molecule has 0 heterocycles. The Morgan fingerprint density at radius 1 is 1.08 bits per heavy atom. The molecule has 4 heteroatoms. The normalized spacial score (nSPS) is 24.7. The van der Waals surface area contributed by atoms with E-state index in [1.807, 2.05) is 12.1 Å². The fraction of sp³-hybridized carbons (Fsp3) is 0.676. The number of carboxylic acids is 1. The van der Waals surface area contributed by atoms with Gasteiger partial charge in [-0.1, -0.05) is 81.4 Å². The van der Waals surface area contributed by atoms with E-state index in [0.717, 1.165) is 31.7 Å². The SMILES string of the molecule is CC(C)CC[C@@H]1C[C@H](c2ccc(O)cc2)[C@@H](CCCCCC[C@H]2C=C(CCN)CC2)CC1=CCCC(=O)O. The third-order valence-electron chi connectivity index (χ3n) is 8.98. The Kier molecular flexibility index (Phi) is 12.9. The van der Waals surface area contributed by atoms with Crippen molar-refractivity contribution in [2.45, 2.75) is 116 Å². The maximum absolute atomic E-state index is 11.2. The lowest BCUT2D eigenvalue weighted by atomic mass is 9.66. The van der Waals surface area contributed by atoms with E-state index in [4.69, 9.17) is 5.73 Å². The van der Waals surface area contributed by atoms with E-state index in [1.165, 1.54) is 75.3 Å². The van der Waals surface area contributed by atoms with E-state index in [-0.39, 0.29) is 6.42 Å². The zero-order valence-corrected chi connectivity index (χ0v) is 24.0. The summed E-state index contributed by atoms with van der Waals surface area (Å²) in [4.78, 5) is 11.2. The standard InChI is InChI=1S/C34H53NO3/c1-25(2)12-15-30-24-33(28-16-18-32(36)19-17-28)31(23-29(30)10-7-11-34(37)38)9-6-4-3-5-8-26-13-14-27(22-26)20-21-35/h10,16-19,22,25-26,30-31,33,36H,3-9,11-15,20-21,23-24,35H2,1-2H3,(H,37,38)/t26-,30-,31+,33-/m1/s1. The Morgan fingerprint density at radius 2 is 1.82 bits per heavy atom. The van der Waals surface area contributed by atoms with Gasteiger partial charge in [0, 0.05) is 6.42 Å². The highest BCUT2D eigenvalue weighted by molar-refractivity contribution is 5.66. The molecule has 4 N–H and O–H groups in total. The molecule has 1 aromatic carbocycles. The number of hydrogen-bond acceptors (Lipinski definition) is 3. The Hall–Kier alpha value is -2.07. The number of allylic oxidation sites excluding steroid dienone is 3. The van der Waals surface area contributed by atoms with Crippen LogP contribution >= 0.6 is 0 Å². The van der Waals surface area contributed by atoms with Crippen LogP contribution in [-0.4, -0.2) is 22.7 Å². The van der Waals surface area contributed by atoms with E-state index >= 15 is 0 Å². The van der Waals surface area contributed by atoms with Gasteiger partial charge in [0.15, 0.2) is 0 Å². The quantitative estimate of drug-likeness (QED) is 0.149. The molecule has 0 aromatic heterocycles. The fourth-order valence-corrected chi connectivity index (χ4v) is 6.82. The molecule has 0 amide bonds. The summed E-state index contributed by atoms with van der Waals surface area (Å²) < 4.78 is 0. The number of rotatable bonds is 16. The van der Waals surface area contributed by atoms with Crippen molar-refractivity contribution in [2.24, 2.45) is 29.4 Å². The summed E-state index contributed by atoms with van der Waals surface area (Å²) in [6.07, 6.45) is 21.6. The van der Waals surface area contributed by atoms with Crippen LogP contribution < -0.4 is 5.73 Å². The van der Waals surface area contributed by atoms with Crippen LogP contribution in [0.4, 0.5) is 0 Å². The Bertz CT molecular complexity index is 901. The van der Waals surface area contributed by atoms with Crippen LogP contribution in [0.15, 0.2) is 47.6 Å². The van der Waals surface area contributed by atoms with Crippen molar-refractivity contribution in [1.29, 1.82) is 0 Å². The summed E-state index contributed by atoms with van der Waals surface area (Å²) in [5.41, 5.74) is 10.2. The molecule has 4 atom stereocenters. The zero-order valence-electron chi connectivity index (χ0n) is 24.0. The van der Waals surface area contributed by atoms with Crippen molar-refractivity contribution in [1.82, 2.24) is 0 Å². The number of benzene rings is 1. The first-order chi connectivity index (χ1) is 18.4. The molecule has 2 aliphatic carbocycles. The molecule has 0 unspecified atom stereocenters. The van der Waals surface area contributed by atoms with Gasteiger partial charge in [-0.15, -0.1) is 0 Å². The van der Waals surface area contributed by atoms with Gasteiger partial charge in [-0.3, -0.25) is 4.79 Å². The monoisotopic (exact) mass is 523 g/mol. The average molecular weight is 524 g/mol. The van der Waals surface area contributed by atoms with Crippen LogP contribution in [0.1, 0.15) is 122 Å². The smallest absolute Gasteiger partial charge is 0.303 e. The number of hydrogen-bond donors (Lipinski definition) is 3. The average Bonchev–Trinajstić information content (AvgIpc) is 3.33. The molecule has 0 spiro atoms. The third-order valence-corrected chi connectivity index (χ3v) is 8.98. The van der Waals surface area contributed by atoms with Crippen molar-refractivity contribution in [2.75, 3.05) is 6.54 Å². The summed E-state index contributed by atoms with van der Waals surface area (Å²) in [5.74, 6) is 2.70. The molecular weight excluding hydrogens is 470 g/mol. The van der Waals surface area contributed by atoms with Crippen molar-refractivity contribution < 1.29 is 15.0 Å². The van der Waals surface area contributed by atoms with Gasteiger partial charge in [-0.25, -0.2) is 0 Å². The predicted octanol–water partition coefficient (Wildman–Crippen LogP) is 8.76. The van der Waals surface area contributed by atoms with Crippen LogP contribution in [-0.2, 0) is 4.79 Å². The fourth-order valence-electron chi connectivity index (χ4n) is 6.82. The Labute approximate surface area is 231 Å². The van der Waals surface area contributed by atoms with Gasteiger partial charge >= 0.3 is 5.97 Å². The number of aliphatic carboxylic acids is 1. The van der Waals surface area contributed by atoms with Crippen molar-refractivity contribution in [3.05, 3.63) is 53.1 Å². The second kappa shape index (κ2) is 16.1. The minimum absolute atomic E-state index is 0.219.